The Morgan fingerprint density at radius 1 is 1.22 bits per heavy atom. The van der Waals surface area contributed by atoms with E-state index in [1.165, 1.54) is 0 Å². The van der Waals surface area contributed by atoms with Gasteiger partial charge in [-0.2, -0.15) is 0 Å². The Labute approximate surface area is 128 Å². The second-order valence-electron chi connectivity index (χ2n) is 4.05. The molecule has 18 heavy (non-hydrogen) atoms. The number of halogens is 1. The van der Waals surface area contributed by atoms with Crippen LogP contribution in [0, 0.1) is 0 Å². The number of amides is 1. The van der Waals surface area contributed by atoms with E-state index in [2.05, 4.69) is 34.8 Å². The zero-order chi connectivity index (χ0) is 13.1. The molecule has 0 radical (unpaired) electrons. The summed E-state index contributed by atoms with van der Waals surface area (Å²) in [5.41, 5.74) is 0. The molecule has 0 aromatic heterocycles. The first-order chi connectivity index (χ1) is 8.13. The summed E-state index contributed by atoms with van der Waals surface area (Å²) in [6.45, 7) is 7.65. The van der Waals surface area contributed by atoms with E-state index in [4.69, 9.17) is 0 Å². The molecule has 0 aliphatic rings. The minimum Gasteiger partial charge on any atom is -0.356 e. The molecule has 1 amide bonds. The van der Waals surface area contributed by atoms with E-state index in [0.29, 0.717) is 13.0 Å². The van der Waals surface area contributed by atoms with E-state index in [0.717, 1.165) is 25.3 Å². The number of nitrogens with zero attached hydrogens (tertiary/aromatic N) is 1. The SMILES string of the molecule is CCCNC(=NC)NCCC(=O)NC(C)CC.I. The van der Waals surface area contributed by atoms with Gasteiger partial charge in [0, 0.05) is 32.6 Å². The van der Waals surface area contributed by atoms with Gasteiger partial charge in [0.05, 0.1) is 0 Å². The van der Waals surface area contributed by atoms with E-state index in [1.54, 1.807) is 7.05 Å². The number of hydrogen-bond acceptors (Lipinski definition) is 2. The fourth-order valence-corrected chi connectivity index (χ4v) is 1.21. The zero-order valence-corrected chi connectivity index (χ0v) is 14.2. The number of nitrogens with one attached hydrogen (secondary N) is 3. The van der Waals surface area contributed by atoms with E-state index >= 15 is 0 Å². The highest BCUT2D eigenvalue weighted by molar-refractivity contribution is 14.0. The molecule has 5 nitrogen and oxygen atoms in total. The predicted octanol–water partition coefficient (Wildman–Crippen LogP) is 1.48. The highest BCUT2D eigenvalue weighted by Gasteiger charge is 2.05. The Morgan fingerprint density at radius 3 is 2.33 bits per heavy atom. The summed E-state index contributed by atoms with van der Waals surface area (Å²) in [6.07, 6.45) is 2.48. The van der Waals surface area contributed by atoms with Crippen LogP contribution in [-0.2, 0) is 4.79 Å². The van der Waals surface area contributed by atoms with Crippen molar-refractivity contribution in [1.82, 2.24) is 16.0 Å². The van der Waals surface area contributed by atoms with Crippen LogP contribution in [0.2, 0.25) is 0 Å². The average molecular weight is 370 g/mol. The maximum Gasteiger partial charge on any atom is 0.221 e. The molecule has 0 aromatic carbocycles. The van der Waals surface area contributed by atoms with Gasteiger partial charge < -0.3 is 16.0 Å². The summed E-state index contributed by atoms with van der Waals surface area (Å²) in [5.74, 6) is 0.834. The van der Waals surface area contributed by atoms with Gasteiger partial charge in [0.1, 0.15) is 0 Å². The van der Waals surface area contributed by atoms with Gasteiger partial charge in [-0.1, -0.05) is 13.8 Å². The molecule has 1 atom stereocenters. The minimum atomic E-state index is 0. The van der Waals surface area contributed by atoms with Gasteiger partial charge in [0.2, 0.25) is 5.91 Å². The molecule has 0 aliphatic heterocycles. The van der Waals surface area contributed by atoms with E-state index < -0.39 is 0 Å². The van der Waals surface area contributed by atoms with Crippen molar-refractivity contribution in [1.29, 1.82) is 0 Å². The molecule has 0 aromatic rings. The smallest absolute Gasteiger partial charge is 0.221 e. The number of carbonyl (C=O) groups is 1. The fourth-order valence-electron chi connectivity index (χ4n) is 1.21. The van der Waals surface area contributed by atoms with Crippen molar-refractivity contribution in [3.05, 3.63) is 0 Å². The van der Waals surface area contributed by atoms with Crippen LogP contribution in [0.1, 0.15) is 40.0 Å². The quantitative estimate of drug-likeness (QED) is 0.361. The molecule has 108 valence electrons. The van der Waals surface area contributed by atoms with Gasteiger partial charge >= 0.3 is 0 Å². The van der Waals surface area contributed by atoms with Gasteiger partial charge in [-0.05, 0) is 19.8 Å². The molecule has 6 heteroatoms. The Bertz CT molecular complexity index is 246. The Balaban J connectivity index is 0. The molecule has 3 N–H and O–H groups in total. The Hall–Kier alpha value is -0.530. The second-order valence-corrected chi connectivity index (χ2v) is 4.05. The molecular weight excluding hydrogens is 343 g/mol. The first-order valence-electron chi connectivity index (χ1n) is 6.37. The summed E-state index contributed by atoms with van der Waals surface area (Å²) < 4.78 is 0. The van der Waals surface area contributed by atoms with Crippen LogP contribution < -0.4 is 16.0 Å². The minimum absolute atomic E-state index is 0. The van der Waals surface area contributed by atoms with Gasteiger partial charge in [0.15, 0.2) is 5.96 Å². The number of aliphatic imine (C=N–C) groups is 1. The number of hydrogen-bond donors (Lipinski definition) is 3. The van der Waals surface area contributed by atoms with Crippen molar-refractivity contribution in [3.8, 4) is 0 Å². The van der Waals surface area contributed by atoms with Crippen molar-refractivity contribution >= 4 is 35.8 Å². The van der Waals surface area contributed by atoms with Gasteiger partial charge in [-0.15, -0.1) is 24.0 Å². The summed E-state index contributed by atoms with van der Waals surface area (Å²) in [5, 5.41) is 9.18. The molecule has 0 rings (SSSR count). The largest absolute Gasteiger partial charge is 0.356 e. The van der Waals surface area contributed by atoms with Crippen LogP contribution in [0.25, 0.3) is 0 Å². The molecule has 0 aliphatic carbocycles. The summed E-state index contributed by atoms with van der Waals surface area (Å²) in [4.78, 5) is 15.5. The molecular formula is C12H27IN4O. The lowest BCUT2D eigenvalue weighted by Crippen LogP contribution is -2.40. The van der Waals surface area contributed by atoms with Crippen molar-refractivity contribution in [2.24, 2.45) is 4.99 Å². The van der Waals surface area contributed by atoms with Gasteiger partial charge in [-0.3, -0.25) is 9.79 Å². The standard InChI is InChI=1S/C12H26N4O.HI/c1-5-8-14-12(13-4)15-9-7-11(17)16-10(3)6-2;/h10H,5-9H2,1-4H3,(H,16,17)(H2,13,14,15);1H. The van der Waals surface area contributed by atoms with E-state index in [-0.39, 0.29) is 35.9 Å². The monoisotopic (exact) mass is 370 g/mol. The molecule has 0 saturated carbocycles. The topological polar surface area (TPSA) is 65.5 Å². The first-order valence-corrected chi connectivity index (χ1v) is 6.37. The van der Waals surface area contributed by atoms with Crippen molar-refractivity contribution in [2.45, 2.75) is 46.1 Å². The van der Waals surface area contributed by atoms with E-state index in [9.17, 15) is 4.79 Å². The summed E-state index contributed by atoms with van der Waals surface area (Å²) in [7, 11) is 1.73. The lowest BCUT2D eigenvalue weighted by Gasteiger charge is -2.13. The van der Waals surface area contributed by atoms with Crippen molar-refractivity contribution < 1.29 is 4.79 Å². The molecule has 0 saturated heterocycles. The lowest BCUT2D eigenvalue weighted by molar-refractivity contribution is -0.121. The maximum absolute atomic E-state index is 11.5. The second kappa shape index (κ2) is 12.9. The molecule has 0 spiro atoms. The summed E-state index contributed by atoms with van der Waals surface area (Å²) in [6, 6.07) is 0.250. The third-order valence-electron chi connectivity index (χ3n) is 2.43. The van der Waals surface area contributed by atoms with Crippen molar-refractivity contribution in [2.75, 3.05) is 20.1 Å². The molecule has 1 unspecified atom stereocenters. The van der Waals surface area contributed by atoms with Crippen LogP contribution in [0.5, 0.6) is 0 Å². The summed E-state index contributed by atoms with van der Waals surface area (Å²) >= 11 is 0. The van der Waals surface area contributed by atoms with E-state index in [1.807, 2.05) is 6.92 Å². The third-order valence-corrected chi connectivity index (χ3v) is 2.43. The van der Waals surface area contributed by atoms with Crippen LogP contribution in [0.4, 0.5) is 0 Å². The molecule has 0 heterocycles. The van der Waals surface area contributed by atoms with Crippen LogP contribution in [0.15, 0.2) is 4.99 Å². The number of rotatable bonds is 7. The molecule has 0 fully saturated rings. The Kier molecular flexibility index (Phi) is 14.2. The highest BCUT2D eigenvalue weighted by Crippen LogP contribution is 1.89. The van der Waals surface area contributed by atoms with Crippen LogP contribution >= 0.6 is 24.0 Å². The Morgan fingerprint density at radius 2 is 1.83 bits per heavy atom. The van der Waals surface area contributed by atoms with Crippen molar-refractivity contribution in [3.63, 3.8) is 0 Å². The third kappa shape index (κ3) is 10.6. The van der Waals surface area contributed by atoms with Crippen LogP contribution in [-0.4, -0.2) is 38.0 Å². The fraction of sp³-hybridized carbons (Fsp3) is 0.833. The zero-order valence-electron chi connectivity index (χ0n) is 11.9. The molecule has 0 bridgehead atoms. The van der Waals surface area contributed by atoms with Gasteiger partial charge in [0.25, 0.3) is 0 Å². The first kappa shape index (κ1) is 19.8. The number of guanidine groups is 1. The highest BCUT2D eigenvalue weighted by atomic mass is 127. The van der Waals surface area contributed by atoms with Gasteiger partial charge in [-0.25, -0.2) is 0 Å². The normalized spacial score (nSPS) is 12.3. The maximum atomic E-state index is 11.5. The predicted molar refractivity (Wildman–Crippen MR) is 87.6 cm³/mol. The van der Waals surface area contributed by atoms with Crippen LogP contribution in [0.3, 0.4) is 0 Å². The lowest BCUT2D eigenvalue weighted by atomic mass is 10.2. The number of carbonyl (C=O) groups excluding carboxylic acids is 1. The average Bonchev–Trinajstić information content (AvgIpc) is 2.33.